The van der Waals surface area contributed by atoms with Crippen LogP contribution in [0.1, 0.15) is 36.2 Å². The van der Waals surface area contributed by atoms with Gasteiger partial charge in [0.15, 0.2) is 0 Å². The van der Waals surface area contributed by atoms with Gasteiger partial charge in [0.2, 0.25) is 0 Å². The van der Waals surface area contributed by atoms with Crippen molar-refractivity contribution < 1.29 is 0 Å². The zero-order chi connectivity index (χ0) is 12.9. The molecule has 1 aromatic carbocycles. The van der Waals surface area contributed by atoms with Crippen LogP contribution in [0.15, 0.2) is 12.1 Å². The molecule has 0 fully saturated rings. The van der Waals surface area contributed by atoms with Crippen LogP contribution in [0.5, 0.6) is 0 Å². The molecule has 1 aliphatic heterocycles. The van der Waals surface area contributed by atoms with E-state index in [1.54, 1.807) is 0 Å². The topological polar surface area (TPSA) is 19.0 Å². The molecule has 2 heteroatoms. The highest BCUT2D eigenvalue weighted by molar-refractivity contribution is 5.88. The highest BCUT2D eigenvalue weighted by Crippen LogP contribution is 2.31. The lowest BCUT2D eigenvalue weighted by Gasteiger charge is -2.30. The lowest BCUT2D eigenvalue weighted by atomic mass is 9.99. The predicted octanol–water partition coefficient (Wildman–Crippen LogP) is 3.55. The van der Waals surface area contributed by atoms with Gasteiger partial charge in [-0.25, -0.2) is 0 Å². The molecule has 1 N–H and O–H groups in total. The van der Waals surface area contributed by atoms with E-state index in [0.717, 1.165) is 13.0 Å². The van der Waals surface area contributed by atoms with Crippen molar-refractivity contribution in [2.75, 3.05) is 6.54 Å². The molecule has 0 aliphatic carbocycles. The van der Waals surface area contributed by atoms with Crippen molar-refractivity contribution in [2.45, 2.75) is 46.7 Å². The fourth-order valence-corrected chi connectivity index (χ4v) is 3.22. The van der Waals surface area contributed by atoms with Gasteiger partial charge in [-0.1, -0.05) is 6.07 Å². The van der Waals surface area contributed by atoms with Gasteiger partial charge in [0.1, 0.15) is 0 Å². The van der Waals surface area contributed by atoms with Gasteiger partial charge in [0, 0.05) is 42.1 Å². The average molecular weight is 242 g/mol. The summed E-state index contributed by atoms with van der Waals surface area (Å²) in [6.45, 7) is 11.3. The minimum absolute atomic E-state index is 0.633. The molecule has 0 saturated heterocycles. The van der Waals surface area contributed by atoms with Crippen LogP contribution < -0.4 is 0 Å². The summed E-state index contributed by atoms with van der Waals surface area (Å²) in [6.07, 6.45) is 1.15. The van der Waals surface area contributed by atoms with Gasteiger partial charge in [-0.3, -0.25) is 4.90 Å². The minimum Gasteiger partial charge on any atom is -0.358 e. The Morgan fingerprint density at radius 2 is 2.00 bits per heavy atom. The molecule has 1 aliphatic rings. The molecule has 0 unspecified atom stereocenters. The fraction of sp³-hybridized carbons (Fsp3) is 0.500. The molecule has 0 saturated carbocycles. The Bertz CT molecular complexity index is 593. The van der Waals surface area contributed by atoms with Crippen LogP contribution in [0.3, 0.4) is 0 Å². The molecule has 3 rings (SSSR count). The van der Waals surface area contributed by atoms with Crippen molar-refractivity contribution in [1.29, 1.82) is 0 Å². The molecule has 0 amide bonds. The first kappa shape index (κ1) is 11.8. The Morgan fingerprint density at radius 3 is 2.72 bits per heavy atom. The Hall–Kier alpha value is -1.28. The molecule has 0 bridgehead atoms. The molecule has 2 nitrogen and oxygen atoms in total. The largest absolute Gasteiger partial charge is 0.358 e. The van der Waals surface area contributed by atoms with E-state index >= 15 is 0 Å². The number of H-pyrrole nitrogens is 1. The van der Waals surface area contributed by atoms with Gasteiger partial charge < -0.3 is 4.98 Å². The van der Waals surface area contributed by atoms with Crippen LogP contribution in [0.4, 0.5) is 0 Å². The summed E-state index contributed by atoms with van der Waals surface area (Å²) >= 11 is 0. The van der Waals surface area contributed by atoms with E-state index in [2.05, 4.69) is 49.7 Å². The van der Waals surface area contributed by atoms with Crippen molar-refractivity contribution in [3.63, 3.8) is 0 Å². The number of nitrogens with zero attached hydrogens (tertiary/aromatic N) is 1. The van der Waals surface area contributed by atoms with Crippen molar-refractivity contribution >= 4 is 10.9 Å². The first-order chi connectivity index (χ1) is 8.56. The van der Waals surface area contributed by atoms with Gasteiger partial charge >= 0.3 is 0 Å². The summed E-state index contributed by atoms with van der Waals surface area (Å²) in [7, 11) is 0. The summed E-state index contributed by atoms with van der Waals surface area (Å²) in [5, 5.41) is 1.46. The highest BCUT2D eigenvalue weighted by atomic mass is 15.2. The first-order valence-electron chi connectivity index (χ1n) is 6.91. The number of aryl methyl sites for hydroxylation is 2. The number of benzene rings is 1. The second kappa shape index (κ2) is 4.13. The number of nitrogens with one attached hydrogen (secondary N) is 1. The Labute approximate surface area is 109 Å². The zero-order valence-corrected chi connectivity index (χ0v) is 11.8. The molecule has 0 atom stereocenters. The second-order valence-electron chi connectivity index (χ2n) is 5.90. The highest BCUT2D eigenvalue weighted by Gasteiger charge is 2.22. The van der Waals surface area contributed by atoms with E-state index in [9.17, 15) is 0 Å². The average Bonchev–Trinajstić information content (AvgIpc) is 2.65. The Balaban J connectivity index is 2.15. The first-order valence-corrected chi connectivity index (χ1v) is 6.91. The quantitative estimate of drug-likeness (QED) is 0.810. The number of aromatic nitrogens is 1. The molecule has 0 radical (unpaired) electrons. The van der Waals surface area contributed by atoms with Gasteiger partial charge in [-0.15, -0.1) is 0 Å². The van der Waals surface area contributed by atoms with E-state index < -0.39 is 0 Å². The maximum atomic E-state index is 3.63. The lowest BCUT2D eigenvalue weighted by Crippen LogP contribution is -2.35. The molecule has 1 aromatic heterocycles. The summed E-state index contributed by atoms with van der Waals surface area (Å²) in [5.41, 5.74) is 7.06. The molecule has 2 aromatic rings. The fourth-order valence-electron chi connectivity index (χ4n) is 3.22. The van der Waals surface area contributed by atoms with E-state index in [1.807, 2.05) is 0 Å². The normalized spacial score (nSPS) is 16.5. The Morgan fingerprint density at radius 1 is 1.22 bits per heavy atom. The summed E-state index contributed by atoms with van der Waals surface area (Å²) < 4.78 is 0. The number of hydrogen-bond donors (Lipinski definition) is 1. The third-order valence-corrected chi connectivity index (χ3v) is 4.17. The van der Waals surface area contributed by atoms with Gasteiger partial charge in [0.25, 0.3) is 0 Å². The van der Waals surface area contributed by atoms with Crippen LogP contribution in [-0.4, -0.2) is 22.5 Å². The number of rotatable bonds is 1. The Kier molecular flexibility index (Phi) is 2.70. The van der Waals surface area contributed by atoms with Crippen LogP contribution in [0.2, 0.25) is 0 Å². The zero-order valence-electron chi connectivity index (χ0n) is 11.8. The molecule has 0 spiro atoms. The maximum Gasteiger partial charge on any atom is 0.0464 e. The summed E-state index contributed by atoms with van der Waals surface area (Å²) in [5.74, 6) is 0. The van der Waals surface area contributed by atoms with E-state index in [0.29, 0.717) is 6.04 Å². The number of fused-ring (bicyclic) bond motifs is 3. The van der Waals surface area contributed by atoms with Crippen molar-refractivity contribution in [3.8, 4) is 0 Å². The van der Waals surface area contributed by atoms with Gasteiger partial charge in [-0.2, -0.15) is 0 Å². The molecule has 18 heavy (non-hydrogen) atoms. The van der Waals surface area contributed by atoms with Crippen LogP contribution in [-0.2, 0) is 13.0 Å². The summed E-state index contributed by atoms with van der Waals surface area (Å²) in [4.78, 5) is 6.19. The van der Waals surface area contributed by atoms with Crippen molar-refractivity contribution in [3.05, 3.63) is 34.5 Å². The maximum absolute atomic E-state index is 3.63. The molecular weight excluding hydrogens is 220 g/mol. The van der Waals surface area contributed by atoms with Crippen LogP contribution >= 0.6 is 0 Å². The monoisotopic (exact) mass is 242 g/mol. The molecule has 2 heterocycles. The van der Waals surface area contributed by atoms with Crippen LogP contribution in [0, 0.1) is 13.8 Å². The van der Waals surface area contributed by atoms with E-state index in [1.165, 1.54) is 39.8 Å². The van der Waals surface area contributed by atoms with Crippen LogP contribution in [0.25, 0.3) is 10.9 Å². The molecular formula is C16H22N2. The molecule has 96 valence electrons. The third-order valence-electron chi connectivity index (χ3n) is 4.17. The number of hydrogen-bond acceptors (Lipinski definition) is 1. The SMILES string of the molecule is Cc1cc(C)c2c3c([nH]c2c1)CCN(C(C)C)C3. The van der Waals surface area contributed by atoms with Gasteiger partial charge in [0.05, 0.1) is 0 Å². The van der Waals surface area contributed by atoms with E-state index in [4.69, 9.17) is 0 Å². The van der Waals surface area contributed by atoms with E-state index in [-0.39, 0.29) is 0 Å². The predicted molar refractivity (Wildman–Crippen MR) is 77.0 cm³/mol. The lowest BCUT2D eigenvalue weighted by molar-refractivity contribution is 0.203. The van der Waals surface area contributed by atoms with Gasteiger partial charge in [-0.05, 0) is 50.5 Å². The minimum atomic E-state index is 0.633. The van der Waals surface area contributed by atoms with Crippen molar-refractivity contribution in [1.82, 2.24) is 9.88 Å². The third kappa shape index (κ3) is 1.76. The van der Waals surface area contributed by atoms with Crippen molar-refractivity contribution in [2.24, 2.45) is 0 Å². The summed E-state index contributed by atoms with van der Waals surface area (Å²) in [6, 6.07) is 5.21. The smallest absolute Gasteiger partial charge is 0.0464 e. The number of aromatic amines is 1. The second-order valence-corrected chi connectivity index (χ2v) is 5.90. The standard InChI is InChI=1S/C16H22N2/c1-10(2)18-6-5-14-13(9-18)16-12(4)7-11(3)8-15(16)17-14/h7-8,10,17H,5-6,9H2,1-4H3.